The Morgan fingerprint density at radius 1 is 1.05 bits per heavy atom. The standard InChI is InChI=1S/C16H15F3N2/c17-16(18,19)12-7-4-10(5-8-12)14-9-6-11-2-1-3-13(20)15(11)21-14/h4-9,13H,1-3,20H2. The summed E-state index contributed by atoms with van der Waals surface area (Å²) in [5, 5.41) is 0. The topological polar surface area (TPSA) is 38.9 Å². The predicted molar refractivity (Wildman–Crippen MR) is 74.5 cm³/mol. The van der Waals surface area contributed by atoms with E-state index < -0.39 is 11.7 Å². The van der Waals surface area contributed by atoms with E-state index >= 15 is 0 Å². The maximum Gasteiger partial charge on any atom is 0.416 e. The average Bonchev–Trinajstić information content (AvgIpc) is 2.47. The van der Waals surface area contributed by atoms with Crippen molar-refractivity contribution in [3.8, 4) is 11.3 Å². The molecule has 1 unspecified atom stereocenters. The van der Waals surface area contributed by atoms with E-state index in [0.29, 0.717) is 11.3 Å². The molecule has 110 valence electrons. The van der Waals surface area contributed by atoms with E-state index in [0.717, 1.165) is 42.7 Å². The van der Waals surface area contributed by atoms with E-state index in [1.54, 1.807) is 0 Å². The van der Waals surface area contributed by atoms with E-state index in [4.69, 9.17) is 5.73 Å². The molecule has 0 fully saturated rings. The minimum Gasteiger partial charge on any atom is -0.323 e. The number of halogens is 3. The van der Waals surface area contributed by atoms with Crippen molar-refractivity contribution >= 4 is 0 Å². The van der Waals surface area contributed by atoms with Crippen molar-refractivity contribution in [3.05, 3.63) is 53.2 Å². The number of hydrogen-bond acceptors (Lipinski definition) is 2. The number of hydrogen-bond donors (Lipinski definition) is 1. The molecular weight excluding hydrogens is 277 g/mol. The van der Waals surface area contributed by atoms with Crippen LogP contribution in [0.1, 0.15) is 35.7 Å². The van der Waals surface area contributed by atoms with Gasteiger partial charge in [-0.1, -0.05) is 18.2 Å². The summed E-state index contributed by atoms with van der Waals surface area (Å²) in [6.07, 6.45) is -1.40. The molecule has 0 spiro atoms. The Morgan fingerprint density at radius 2 is 1.76 bits per heavy atom. The molecule has 0 amide bonds. The van der Waals surface area contributed by atoms with Crippen molar-refractivity contribution in [2.75, 3.05) is 0 Å². The third kappa shape index (κ3) is 2.78. The van der Waals surface area contributed by atoms with Crippen LogP contribution in [0.2, 0.25) is 0 Å². The predicted octanol–water partition coefficient (Wildman–Crippen LogP) is 4.10. The fraction of sp³-hybridized carbons (Fsp3) is 0.312. The maximum atomic E-state index is 12.6. The van der Waals surface area contributed by atoms with Crippen LogP contribution < -0.4 is 5.73 Å². The van der Waals surface area contributed by atoms with Crippen LogP contribution in [-0.4, -0.2) is 4.98 Å². The van der Waals surface area contributed by atoms with Crippen LogP contribution in [-0.2, 0) is 12.6 Å². The second-order valence-corrected chi connectivity index (χ2v) is 5.31. The fourth-order valence-corrected chi connectivity index (χ4v) is 2.68. The third-order valence-corrected chi connectivity index (χ3v) is 3.83. The largest absolute Gasteiger partial charge is 0.416 e. The van der Waals surface area contributed by atoms with Crippen molar-refractivity contribution in [3.63, 3.8) is 0 Å². The summed E-state index contributed by atoms with van der Waals surface area (Å²) >= 11 is 0. The highest BCUT2D eigenvalue weighted by Gasteiger charge is 2.30. The summed E-state index contributed by atoms with van der Waals surface area (Å²) in [7, 11) is 0. The Morgan fingerprint density at radius 3 is 2.43 bits per heavy atom. The molecule has 0 bridgehead atoms. The number of alkyl halides is 3. The first kappa shape index (κ1) is 14.1. The van der Waals surface area contributed by atoms with E-state index in [9.17, 15) is 13.2 Å². The highest BCUT2D eigenvalue weighted by Crippen LogP contribution is 2.32. The van der Waals surface area contributed by atoms with Gasteiger partial charge in [0.05, 0.1) is 17.0 Å². The number of aromatic nitrogens is 1. The second-order valence-electron chi connectivity index (χ2n) is 5.31. The molecule has 5 heteroatoms. The quantitative estimate of drug-likeness (QED) is 0.859. The van der Waals surface area contributed by atoms with E-state index in [1.165, 1.54) is 12.1 Å². The number of nitrogens with zero attached hydrogens (tertiary/aromatic N) is 1. The molecule has 0 aliphatic heterocycles. The van der Waals surface area contributed by atoms with Gasteiger partial charge in [-0.05, 0) is 43.0 Å². The minimum atomic E-state index is -4.32. The molecule has 2 aromatic rings. The van der Waals surface area contributed by atoms with Gasteiger partial charge in [-0.15, -0.1) is 0 Å². The Hall–Kier alpha value is -1.88. The molecule has 2 nitrogen and oxygen atoms in total. The van der Waals surface area contributed by atoms with Crippen molar-refractivity contribution in [1.82, 2.24) is 4.98 Å². The number of nitrogens with two attached hydrogens (primary N) is 1. The Kier molecular flexibility index (Phi) is 3.45. The van der Waals surface area contributed by atoms with Crippen molar-refractivity contribution in [2.45, 2.75) is 31.5 Å². The van der Waals surface area contributed by atoms with E-state index in [1.807, 2.05) is 12.1 Å². The average molecular weight is 292 g/mol. The Balaban J connectivity index is 1.96. The molecule has 0 saturated carbocycles. The molecule has 1 atom stereocenters. The fourth-order valence-electron chi connectivity index (χ4n) is 2.68. The molecule has 1 aliphatic rings. The van der Waals surface area contributed by atoms with E-state index in [-0.39, 0.29) is 6.04 Å². The van der Waals surface area contributed by atoms with Crippen LogP contribution >= 0.6 is 0 Å². The zero-order chi connectivity index (χ0) is 15.0. The first-order valence-electron chi connectivity index (χ1n) is 6.88. The van der Waals surface area contributed by atoms with Gasteiger partial charge >= 0.3 is 6.18 Å². The van der Waals surface area contributed by atoms with Gasteiger partial charge in [0.1, 0.15) is 0 Å². The number of fused-ring (bicyclic) bond motifs is 1. The maximum absolute atomic E-state index is 12.6. The van der Waals surface area contributed by atoms with Crippen molar-refractivity contribution in [1.29, 1.82) is 0 Å². The molecule has 2 N–H and O–H groups in total. The normalized spacial score (nSPS) is 18.4. The molecule has 0 saturated heterocycles. The monoisotopic (exact) mass is 292 g/mol. The smallest absolute Gasteiger partial charge is 0.323 e. The zero-order valence-corrected chi connectivity index (χ0v) is 11.3. The van der Waals surface area contributed by atoms with Gasteiger partial charge in [0.15, 0.2) is 0 Å². The lowest BCUT2D eigenvalue weighted by molar-refractivity contribution is -0.137. The summed E-state index contributed by atoms with van der Waals surface area (Å²) in [6.45, 7) is 0. The summed E-state index contributed by atoms with van der Waals surface area (Å²) < 4.78 is 37.7. The van der Waals surface area contributed by atoms with Crippen molar-refractivity contribution in [2.24, 2.45) is 5.73 Å². The van der Waals surface area contributed by atoms with Crippen LogP contribution in [0.5, 0.6) is 0 Å². The Bertz CT molecular complexity index is 648. The molecular formula is C16H15F3N2. The highest BCUT2D eigenvalue weighted by atomic mass is 19.4. The van der Waals surface area contributed by atoms with Crippen LogP contribution in [0.3, 0.4) is 0 Å². The molecule has 1 aliphatic carbocycles. The zero-order valence-electron chi connectivity index (χ0n) is 11.3. The molecule has 1 aromatic heterocycles. The van der Waals surface area contributed by atoms with Crippen LogP contribution in [0, 0.1) is 0 Å². The molecule has 3 rings (SSSR count). The van der Waals surface area contributed by atoms with Gasteiger partial charge in [-0.2, -0.15) is 13.2 Å². The van der Waals surface area contributed by atoms with Gasteiger partial charge in [-0.3, -0.25) is 4.98 Å². The van der Waals surface area contributed by atoms with Gasteiger partial charge in [0.2, 0.25) is 0 Å². The lowest BCUT2D eigenvalue weighted by Gasteiger charge is -2.21. The van der Waals surface area contributed by atoms with Crippen LogP contribution in [0.25, 0.3) is 11.3 Å². The SMILES string of the molecule is NC1CCCc2ccc(-c3ccc(C(F)(F)F)cc3)nc21. The number of pyridine rings is 1. The van der Waals surface area contributed by atoms with Crippen LogP contribution in [0.15, 0.2) is 36.4 Å². The van der Waals surface area contributed by atoms with E-state index in [2.05, 4.69) is 4.98 Å². The summed E-state index contributed by atoms with van der Waals surface area (Å²) in [4.78, 5) is 4.55. The summed E-state index contributed by atoms with van der Waals surface area (Å²) in [6, 6.07) is 8.81. The van der Waals surface area contributed by atoms with Gasteiger partial charge < -0.3 is 5.73 Å². The third-order valence-electron chi connectivity index (χ3n) is 3.83. The highest BCUT2D eigenvalue weighted by molar-refractivity contribution is 5.60. The van der Waals surface area contributed by atoms with Gasteiger partial charge in [0.25, 0.3) is 0 Å². The van der Waals surface area contributed by atoms with Gasteiger partial charge in [-0.25, -0.2) is 0 Å². The Labute approximate surface area is 120 Å². The second kappa shape index (κ2) is 5.15. The van der Waals surface area contributed by atoms with Crippen LogP contribution in [0.4, 0.5) is 13.2 Å². The number of benzene rings is 1. The number of aryl methyl sites for hydroxylation is 1. The lowest BCUT2D eigenvalue weighted by atomic mass is 9.92. The first-order chi connectivity index (χ1) is 9.95. The minimum absolute atomic E-state index is 0.0804. The lowest BCUT2D eigenvalue weighted by Crippen LogP contribution is -2.19. The molecule has 1 aromatic carbocycles. The molecule has 21 heavy (non-hydrogen) atoms. The first-order valence-corrected chi connectivity index (χ1v) is 6.88. The van der Waals surface area contributed by atoms with Crippen molar-refractivity contribution < 1.29 is 13.2 Å². The summed E-state index contributed by atoms with van der Waals surface area (Å²) in [5.74, 6) is 0. The summed E-state index contributed by atoms with van der Waals surface area (Å²) in [5.41, 5.74) is 8.76. The van der Waals surface area contributed by atoms with Gasteiger partial charge in [0, 0.05) is 11.6 Å². The molecule has 0 radical (unpaired) electrons. The number of rotatable bonds is 1. The molecule has 1 heterocycles.